The van der Waals surface area contributed by atoms with E-state index < -0.39 is 14.6 Å². The largest absolute Gasteiger partial charge is 0.311 e. The fourth-order valence-electron chi connectivity index (χ4n) is 0.630. The molecule has 0 unspecified atom stereocenters. The Kier molecular flexibility index (Phi) is 4.62. The van der Waals surface area contributed by atoms with Crippen LogP contribution in [0.2, 0.25) is 0 Å². The minimum absolute atomic E-state index is 0.427. The Morgan fingerprint density at radius 3 is 2.31 bits per heavy atom. The summed E-state index contributed by atoms with van der Waals surface area (Å²) in [5, 5.41) is 3.01. The van der Waals surface area contributed by atoms with Gasteiger partial charge in [-0.05, 0) is 13.8 Å². The second-order valence-electron chi connectivity index (χ2n) is 3.65. The molecular formula is C8H16BrNO2S. The normalized spacial score (nSPS) is 12.9. The van der Waals surface area contributed by atoms with Crippen molar-refractivity contribution in [3.05, 3.63) is 11.1 Å². The van der Waals surface area contributed by atoms with Crippen molar-refractivity contribution < 1.29 is 8.42 Å². The second-order valence-corrected chi connectivity index (χ2v) is 7.42. The summed E-state index contributed by atoms with van der Waals surface area (Å²) in [5.41, 5.74) is 0. The predicted molar refractivity (Wildman–Crippen MR) is 59.9 cm³/mol. The Hall–Kier alpha value is 0.130. The van der Waals surface area contributed by atoms with Gasteiger partial charge in [0.2, 0.25) is 0 Å². The zero-order chi connectivity index (χ0) is 10.7. The molecule has 0 aromatic rings. The van der Waals surface area contributed by atoms with Gasteiger partial charge in [0.15, 0.2) is 9.84 Å². The van der Waals surface area contributed by atoms with Gasteiger partial charge in [-0.25, -0.2) is 8.42 Å². The lowest BCUT2D eigenvalue weighted by Crippen LogP contribution is -2.41. The van der Waals surface area contributed by atoms with Crippen LogP contribution in [-0.2, 0) is 9.84 Å². The molecule has 0 bridgehead atoms. The molecule has 5 heteroatoms. The lowest BCUT2D eigenvalue weighted by Gasteiger charge is -2.22. The molecule has 0 saturated carbocycles. The molecule has 0 aliphatic heterocycles. The second kappa shape index (κ2) is 4.57. The van der Waals surface area contributed by atoms with Gasteiger partial charge in [-0.2, -0.15) is 0 Å². The molecule has 0 aromatic heterocycles. The molecule has 0 aliphatic rings. The molecule has 0 rings (SSSR count). The molecule has 0 heterocycles. The summed E-state index contributed by atoms with van der Waals surface area (Å²) in [6, 6.07) is 0. The fourth-order valence-corrected chi connectivity index (χ4v) is 1.19. The van der Waals surface area contributed by atoms with E-state index in [0.717, 1.165) is 4.48 Å². The van der Waals surface area contributed by atoms with E-state index in [-0.39, 0.29) is 0 Å². The number of rotatable bonds is 5. The monoisotopic (exact) mass is 269 g/mol. The van der Waals surface area contributed by atoms with E-state index in [4.69, 9.17) is 0 Å². The predicted octanol–water partition coefficient (Wildman–Crippen LogP) is 1.31. The summed E-state index contributed by atoms with van der Waals surface area (Å²) in [6.07, 6.45) is 1.25. The Morgan fingerprint density at radius 2 is 2.00 bits per heavy atom. The highest BCUT2D eigenvalue weighted by atomic mass is 79.9. The summed E-state index contributed by atoms with van der Waals surface area (Å²) in [4.78, 5) is 0. The number of hydrogen-bond acceptors (Lipinski definition) is 3. The maximum atomic E-state index is 11.3. The first kappa shape index (κ1) is 13.1. The van der Waals surface area contributed by atoms with Gasteiger partial charge in [0.25, 0.3) is 0 Å². The molecule has 3 nitrogen and oxygen atoms in total. The van der Waals surface area contributed by atoms with E-state index in [2.05, 4.69) is 27.8 Å². The maximum Gasteiger partial charge on any atom is 0.153 e. The fraction of sp³-hybridized carbons (Fsp3) is 0.750. The zero-order valence-corrected chi connectivity index (χ0v) is 10.6. The van der Waals surface area contributed by atoms with Crippen molar-refractivity contribution in [1.29, 1.82) is 0 Å². The number of halogens is 1. The Balaban J connectivity index is 4.13. The van der Waals surface area contributed by atoms with E-state index >= 15 is 0 Å². The van der Waals surface area contributed by atoms with Crippen molar-refractivity contribution in [3.8, 4) is 0 Å². The van der Waals surface area contributed by atoms with Crippen LogP contribution in [0.3, 0.4) is 0 Å². The molecule has 13 heavy (non-hydrogen) atoms. The topological polar surface area (TPSA) is 46.2 Å². The number of hydrogen-bond donors (Lipinski definition) is 1. The summed E-state index contributed by atoms with van der Waals surface area (Å²) >= 11 is 3.19. The van der Waals surface area contributed by atoms with E-state index in [1.807, 2.05) is 0 Å². The molecule has 0 aliphatic carbocycles. The Labute approximate surface area is 88.6 Å². The molecule has 0 saturated heterocycles. The standard InChI is InChI=1S/C8H16BrNO2S/c1-7(9)5-10-6-8(2,3)13(4,11)12/h10H,1,5-6H2,2-4H3. The minimum atomic E-state index is -3.01. The van der Waals surface area contributed by atoms with E-state index in [1.165, 1.54) is 6.26 Å². The lowest BCUT2D eigenvalue weighted by molar-refractivity contribution is 0.531. The van der Waals surface area contributed by atoms with E-state index in [0.29, 0.717) is 13.1 Å². The SMILES string of the molecule is C=C(Br)CNCC(C)(C)S(C)(=O)=O. The molecule has 0 amide bonds. The quantitative estimate of drug-likeness (QED) is 0.819. The van der Waals surface area contributed by atoms with Crippen LogP contribution in [0.15, 0.2) is 11.1 Å². The molecule has 0 aromatic carbocycles. The van der Waals surface area contributed by atoms with Gasteiger partial charge < -0.3 is 5.32 Å². The first-order valence-electron chi connectivity index (χ1n) is 3.90. The van der Waals surface area contributed by atoms with Crippen LogP contribution >= 0.6 is 15.9 Å². The number of sulfone groups is 1. The average molecular weight is 270 g/mol. The lowest BCUT2D eigenvalue weighted by atomic mass is 10.2. The molecule has 78 valence electrons. The van der Waals surface area contributed by atoms with E-state index in [9.17, 15) is 8.42 Å². The van der Waals surface area contributed by atoms with Crippen LogP contribution in [0.1, 0.15) is 13.8 Å². The highest BCUT2D eigenvalue weighted by Crippen LogP contribution is 2.13. The molecule has 0 radical (unpaired) electrons. The van der Waals surface area contributed by atoms with Gasteiger partial charge in [0.1, 0.15) is 0 Å². The molecule has 0 atom stereocenters. The minimum Gasteiger partial charge on any atom is -0.311 e. The Bertz CT molecular complexity index is 283. The first-order chi connectivity index (χ1) is 5.67. The average Bonchev–Trinajstić information content (AvgIpc) is 1.82. The van der Waals surface area contributed by atoms with Crippen molar-refractivity contribution in [2.75, 3.05) is 19.3 Å². The van der Waals surface area contributed by atoms with Crippen LogP contribution in [0, 0.1) is 0 Å². The molecule has 1 N–H and O–H groups in total. The smallest absolute Gasteiger partial charge is 0.153 e. The highest BCUT2D eigenvalue weighted by Gasteiger charge is 2.29. The van der Waals surface area contributed by atoms with Crippen molar-refractivity contribution in [3.63, 3.8) is 0 Å². The van der Waals surface area contributed by atoms with Crippen molar-refractivity contribution in [2.24, 2.45) is 0 Å². The van der Waals surface area contributed by atoms with Crippen LogP contribution in [0.5, 0.6) is 0 Å². The van der Waals surface area contributed by atoms with Gasteiger partial charge in [-0.3, -0.25) is 0 Å². The Morgan fingerprint density at radius 1 is 1.54 bits per heavy atom. The molecule has 0 spiro atoms. The maximum absolute atomic E-state index is 11.3. The highest BCUT2D eigenvalue weighted by molar-refractivity contribution is 9.11. The number of nitrogens with one attached hydrogen (secondary N) is 1. The van der Waals surface area contributed by atoms with Gasteiger partial charge in [0, 0.05) is 23.8 Å². The first-order valence-corrected chi connectivity index (χ1v) is 6.59. The van der Waals surface area contributed by atoms with Crippen LogP contribution < -0.4 is 5.32 Å². The summed E-state index contributed by atoms with van der Waals surface area (Å²) < 4.78 is 22.6. The zero-order valence-electron chi connectivity index (χ0n) is 8.22. The van der Waals surface area contributed by atoms with Crippen LogP contribution in [0.25, 0.3) is 0 Å². The van der Waals surface area contributed by atoms with Crippen LogP contribution in [0.4, 0.5) is 0 Å². The van der Waals surface area contributed by atoms with Crippen molar-refractivity contribution >= 4 is 25.8 Å². The van der Waals surface area contributed by atoms with Crippen molar-refractivity contribution in [1.82, 2.24) is 5.32 Å². The summed E-state index contributed by atoms with van der Waals surface area (Å²) in [7, 11) is -3.01. The van der Waals surface area contributed by atoms with Crippen molar-refractivity contribution in [2.45, 2.75) is 18.6 Å². The van der Waals surface area contributed by atoms with Gasteiger partial charge in [-0.1, -0.05) is 22.5 Å². The molecular weight excluding hydrogens is 254 g/mol. The third-order valence-corrected chi connectivity index (χ3v) is 4.30. The summed E-state index contributed by atoms with van der Waals surface area (Å²) in [6.45, 7) is 8.05. The van der Waals surface area contributed by atoms with Gasteiger partial charge >= 0.3 is 0 Å². The third-order valence-electron chi connectivity index (χ3n) is 1.87. The van der Waals surface area contributed by atoms with Gasteiger partial charge in [-0.15, -0.1) is 0 Å². The van der Waals surface area contributed by atoms with E-state index in [1.54, 1.807) is 13.8 Å². The summed E-state index contributed by atoms with van der Waals surface area (Å²) in [5.74, 6) is 0. The van der Waals surface area contributed by atoms with Crippen LogP contribution in [-0.4, -0.2) is 32.5 Å². The molecule has 0 fully saturated rings. The van der Waals surface area contributed by atoms with Gasteiger partial charge in [0.05, 0.1) is 4.75 Å². The third kappa shape index (κ3) is 4.78.